The third-order valence-corrected chi connectivity index (χ3v) is 5.40. The number of aryl methyl sites for hydroxylation is 2. The van der Waals surface area contributed by atoms with Gasteiger partial charge in [0, 0.05) is 0 Å². The third-order valence-electron chi connectivity index (χ3n) is 5.40. The summed E-state index contributed by atoms with van der Waals surface area (Å²) in [6.07, 6.45) is 12.6. The highest BCUT2D eigenvalue weighted by molar-refractivity contribution is 5.96. The first-order chi connectivity index (χ1) is 16.5. The van der Waals surface area contributed by atoms with Crippen molar-refractivity contribution in [3.8, 4) is 17.2 Å². The van der Waals surface area contributed by atoms with E-state index in [1.807, 2.05) is 38.1 Å². The number of aromatic nitrogens is 1. The van der Waals surface area contributed by atoms with Crippen LogP contribution in [-0.2, 0) is 4.84 Å². The van der Waals surface area contributed by atoms with E-state index < -0.39 is 0 Å². The van der Waals surface area contributed by atoms with E-state index in [0.717, 1.165) is 59.2 Å². The van der Waals surface area contributed by atoms with E-state index in [-0.39, 0.29) is 0 Å². The van der Waals surface area contributed by atoms with Gasteiger partial charge in [-0.3, -0.25) is 4.98 Å². The number of hydrogen-bond acceptors (Lipinski definition) is 6. The molecule has 0 bridgehead atoms. The highest BCUT2D eigenvalue weighted by atomic mass is 16.6. The molecule has 0 spiro atoms. The van der Waals surface area contributed by atoms with E-state index in [1.165, 1.54) is 32.8 Å². The minimum atomic E-state index is 0.594. The SMILES string of the molecule is C/C=C/COc1cc(C)c(OCCCCCCCCOc2ccc(/C(C)=N/OC)nc2)c(C)c1. The highest BCUT2D eigenvalue weighted by Crippen LogP contribution is 2.28. The lowest BCUT2D eigenvalue weighted by molar-refractivity contribution is 0.213. The van der Waals surface area contributed by atoms with Gasteiger partial charge in [-0.2, -0.15) is 0 Å². The quantitative estimate of drug-likeness (QED) is 0.117. The van der Waals surface area contributed by atoms with Crippen molar-refractivity contribution in [3.63, 3.8) is 0 Å². The Bertz CT molecular complexity index is 884. The number of pyridine rings is 1. The van der Waals surface area contributed by atoms with E-state index in [1.54, 1.807) is 6.20 Å². The van der Waals surface area contributed by atoms with E-state index in [9.17, 15) is 0 Å². The van der Waals surface area contributed by atoms with E-state index >= 15 is 0 Å². The molecular weight excluding hydrogens is 428 g/mol. The first-order valence-electron chi connectivity index (χ1n) is 12.2. The Labute approximate surface area is 205 Å². The lowest BCUT2D eigenvalue weighted by Gasteiger charge is -2.14. The average molecular weight is 469 g/mol. The molecule has 0 radical (unpaired) electrons. The van der Waals surface area contributed by atoms with Crippen LogP contribution in [0.1, 0.15) is 69.2 Å². The van der Waals surface area contributed by atoms with Gasteiger partial charge in [-0.25, -0.2) is 0 Å². The Kier molecular flexibility index (Phi) is 12.6. The molecule has 0 atom stereocenters. The number of hydrogen-bond donors (Lipinski definition) is 0. The molecule has 0 N–H and O–H groups in total. The Hall–Kier alpha value is -3.02. The van der Waals surface area contributed by atoms with Gasteiger partial charge in [0.15, 0.2) is 0 Å². The van der Waals surface area contributed by atoms with Gasteiger partial charge in [-0.05, 0) is 75.9 Å². The second-order valence-corrected chi connectivity index (χ2v) is 8.32. The molecule has 1 heterocycles. The molecule has 0 aliphatic rings. The summed E-state index contributed by atoms with van der Waals surface area (Å²) < 4.78 is 17.6. The molecule has 186 valence electrons. The van der Waals surface area contributed by atoms with Crippen LogP contribution in [-0.4, -0.2) is 37.6 Å². The lowest BCUT2D eigenvalue weighted by Crippen LogP contribution is -2.02. The van der Waals surface area contributed by atoms with Gasteiger partial charge < -0.3 is 19.0 Å². The molecule has 1 aromatic heterocycles. The van der Waals surface area contributed by atoms with Crippen molar-refractivity contribution in [1.29, 1.82) is 0 Å². The topological polar surface area (TPSA) is 62.2 Å². The molecule has 0 aliphatic heterocycles. The fraction of sp³-hybridized carbons (Fsp3) is 0.500. The van der Waals surface area contributed by atoms with Gasteiger partial charge in [0.05, 0.1) is 25.1 Å². The number of allylic oxidation sites excluding steroid dienone is 1. The number of rotatable bonds is 16. The van der Waals surface area contributed by atoms with Gasteiger partial charge in [0.1, 0.15) is 36.7 Å². The highest BCUT2D eigenvalue weighted by Gasteiger charge is 2.07. The first kappa shape index (κ1) is 27.2. The molecule has 0 saturated carbocycles. The van der Waals surface area contributed by atoms with Crippen molar-refractivity contribution in [3.05, 3.63) is 59.4 Å². The van der Waals surface area contributed by atoms with Crippen LogP contribution in [0.3, 0.4) is 0 Å². The molecule has 6 nitrogen and oxygen atoms in total. The summed E-state index contributed by atoms with van der Waals surface area (Å²) in [4.78, 5) is 9.12. The molecule has 1 aromatic carbocycles. The minimum Gasteiger partial charge on any atom is -0.493 e. The van der Waals surface area contributed by atoms with Crippen molar-refractivity contribution < 1.29 is 19.0 Å². The smallest absolute Gasteiger partial charge is 0.137 e. The standard InChI is InChI=1S/C28H40N2O4/c1-6-7-16-33-26-19-22(2)28(23(3)20-26)34-18-13-11-9-8-10-12-17-32-25-14-15-27(29-21-25)24(4)30-31-5/h6-7,14-15,19-21H,8-13,16-18H2,1-5H3/b7-6+,30-24+. The van der Waals surface area contributed by atoms with Crippen LogP contribution in [0.15, 0.2) is 47.8 Å². The minimum absolute atomic E-state index is 0.594. The van der Waals surface area contributed by atoms with Crippen LogP contribution in [0.2, 0.25) is 0 Å². The molecule has 0 fully saturated rings. The molecule has 34 heavy (non-hydrogen) atoms. The number of oxime groups is 1. The van der Waals surface area contributed by atoms with E-state index in [4.69, 9.17) is 19.0 Å². The molecule has 6 heteroatoms. The zero-order valence-electron chi connectivity index (χ0n) is 21.4. The fourth-order valence-electron chi connectivity index (χ4n) is 3.60. The number of nitrogens with zero attached hydrogens (tertiary/aromatic N) is 2. The predicted molar refractivity (Wildman–Crippen MR) is 138 cm³/mol. The van der Waals surface area contributed by atoms with Crippen molar-refractivity contribution in [2.45, 2.75) is 66.2 Å². The van der Waals surface area contributed by atoms with E-state index in [0.29, 0.717) is 13.2 Å². The second kappa shape index (κ2) is 15.8. The summed E-state index contributed by atoms with van der Waals surface area (Å²) in [5.41, 5.74) is 3.78. The van der Waals surface area contributed by atoms with Crippen molar-refractivity contribution in [2.24, 2.45) is 5.16 Å². The summed E-state index contributed by atoms with van der Waals surface area (Å²) in [6, 6.07) is 7.92. The maximum Gasteiger partial charge on any atom is 0.137 e. The van der Waals surface area contributed by atoms with Crippen LogP contribution < -0.4 is 14.2 Å². The van der Waals surface area contributed by atoms with Gasteiger partial charge in [0.25, 0.3) is 0 Å². The molecule has 2 aromatic rings. The van der Waals surface area contributed by atoms with Gasteiger partial charge in [-0.1, -0.05) is 43.0 Å². The monoisotopic (exact) mass is 468 g/mol. The Morgan fingerprint density at radius 2 is 1.53 bits per heavy atom. The number of benzene rings is 1. The largest absolute Gasteiger partial charge is 0.493 e. The molecular formula is C28H40N2O4. The molecule has 0 unspecified atom stereocenters. The molecule has 2 rings (SSSR count). The second-order valence-electron chi connectivity index (χ2n) is 8.32. The predicted octanol–water partition coefficient (Wildman–Crippen LogP) is 6.82. The van der Waals surface area contributed by atoms with Crippen molar-refractivity contribution in [1.82, 2.24) is 4.98 Å². The van der Waals surface area contributed by atoms with Crippen LogP contribution in [0, 0.1) is 13.8 Å². The molecule has 0 saturated heterocycles. The van der Waals surface area contributed by atoms with E-state index in [2.05, 4.69) is 36.1 Å². The Morgan fingerprint density at radius 1 is 0.882 bits per heavy atom. The summed E-state index contributed by atoms with van der Waals surface area (Å²) in [7, 11) is 1.53. The normalized spacial score (nSPS) is 11.6. The Balaban J connectivity index is 1.54. The molecule has 0 aliphatic carbocycles. The maximum atomic E-state index is 6.07. The van der Waals surface area contributed by atoms with Crippen LogP contribution in [0.4, 0.5) is 0 Å². The number of unbranched alkanes of at least 4 members (excludes halogenated alkanes) is 5. The van der Waals surface area contributed by atoms with Crippen LogP contribution in [0.25, 0.3) is 0 Å². The average Bonchev–Trinajstić information content (AvgIpc) is 2.82. The van der Waals surface area contributed by atoms with Crippen molar-refractivity contribution >= 4 is 5.71 Å². The zero-order chi connectivity index (χ0) is 24.6. The van der Waals surface area contributed by atoms with Crippen molar-refractivity contribution in [2.75, 3.05) is 26.9 Å². The number of ether oxygens (including phenoxy) is 3. The van der Waals surface area contributed by atoms with Gasteiger partial charge >= 0.3 is 0 Å². The lowest BCUT2D eigenvalue weighted by atomic mass is 10.1. The van der Waals surface area contributed by atoms with Gasteiger partial charge in [0.2, 0.25) is 0 Å². The summed E-state index contributed by atoms with van der Waals surface area (Å²) >= 11 is 0. The van der Waals surface area contributed by atoms with Gasteiger partial charge in [-0.15, -0.1) is 0 Å². The summed E-state index contributed by atoms with van der Waals surface area (Å²) in [5.74, 6) is 2.66. The Morgan fingerprint density at radius 3 is 2.12 bits per heavy atom. The summed E-state index contributed by atoms with van der Waals surface area (Å²) in [6.45, 7) is 10.1. The fourth-order valence-corrected chi connectivity index (χ4v) is 3.60. The third kappa shape index (κ3) is 9.86. The van der Waals surface area contributed by atoms with Crippen LogP contribution >= 0.6 is 0 Å². The maximum absolute atomic E-state index is 6.07. The zero-order valence-corrected chi connectivity index (χ0v) is 21.4. The summed E-state index contributed by atoms with van der Waals surface area (Å²) in [5, 5.41) is 3.88. The van der Waals surface area contributed by atoms with Crippen LogP contribution in [0.5, 0.6) is 17.2 Å². The first-order valence-corrected chi connectivity index (χ1v) is 12.2. The molecule has 0 amide bonds.